The first kappa shape index (κ1) is 8.29. The first-order valence-electron chi connectivity index (χ1n) is 3.60. The Hall–Kier alpha value is -1.81. The molecule has 0 atom stereocenters. The highest BCUT2D eigenvalue weighted by Crippen LogP contribution is 2.13. The van der Waals surface area contributed by atoms with E-state index in [9.17, 15) is 0 Å². The topological polar surface area (TPSA) is 23.8 Å². The summed E-state index contributed by atoms with van der Waals surface area (Å²) in [7, 11) is 0. The summed E-state index contributed by atoms with van der Waals surface area (Å²) in [6, 6.07) is 9.57. The number of allylic oxidation sites excluding steroid dienone is 1. The highest BCUT2D eigenvalue weighted by molar-refractivity contribution is 5.75. The summed E-state index contributed by atoms with van der Waals surface area (Å²) >= 11 is 0. The van der Waals surface area contributed by atoms with Gasteiger partial charge in [0.1, 0.15) is 0 Å². The van der Waals surface area contributed by atoms with Crippen LogP contribution in [0.15, 0.2) is 37.4 Å². The van der Waals surface area contributed by atoms with Crippen molar-refractivity contribution in [3.63, 3.8) is 0 Å². The molecule has 1 heteroatoms. The summed E-state index contributed by atoms with van der Waals surface area (Å²) < 4.78 is 0. The smallest absolute Gasteiger partial charge is 0.0991 e. The van der Waals surface area contributed by atoms with Crippen molar-refractivity contribution in [2.24, 2.45) is 0 Å². The zero-order valence-electron chi connectivity index (χ0n) is 6.75. The summed E-state index contributed by atoms with van der Waals surface area (Å²) in [5.74, 6) is 0. The third-order valence-corrected chi connectivity index (χ3v) is 1.61. The van der Waals surface area contributed by atoms with Crippen molar-refractivity contribution in [2.45, 2.75) is 0 Å². The molecule has 1 nitrogen and oxygen atoms in total. The Morgan fingerprint density at radius 1 is 1.50 bits per heavy atom. The molecule has 0 aliphatic heterocycles. The molecule has 0 radical (unpaired) electrons. The minimum atomic E-state index is 0.485. The number of rotatable bonds is 2. The van der Waals surface area contributed by atoms with Gasteiger partial charge in [0.2, 0.25) is 0 Å². The van der Waals surface area contributed by atoms with Crippen molar-refractivity contribution in [2.75, 3.05) is 0 Å². The average Bonchev–Trinajstić information content (AvgIpc) is 2.17. The second-order valence-corrected chi connectivity index (χ2v) is 2.42. The Kier molecular flexibility index (Phi) is 2.45. The van der Waals surface area contributed by atoms with Crippen molar-refractivity contribution in [3.05, 3.63) is 48.6 Å². The fourth-order valence-electron chi connectivity index (χ4n) is 0.918. The van der Waals surface area contributed by atoms with Gasteiger partial charge in [-0.05, 0) is 17.2 Å². The van der Waals surface area contributed by atoms with E-state index in [-0.39, 0.29) is 0 Å². The molecule has 1 aromatic carbocycles. The van der Waals surface area contributed by atoms with Crippen LogP contribution in [0, 0.1) is 11.3 Å². The van der Waals surface area contributed by atoms with Gasteiger partial charge in [-0.3, -0.25) is 0 Å². The monoisotopic (exact) mass is 155 g/mol. The number of nitrogens with zero attached hydrogens (tertiary/aromatic N) is 1. The first-order valence-corrected chi connectivity index (χ1v) is 3.60. The summed E-state index contributed by atoms with van der Waals surface area (Å²) in [4.78, 5) is 0. The third kappa shape index (κ3) is 1.62. The van der Waals surface area contributed by atoms with E-state index in [4.69, 9.17) is 5.26 Å². The molecule has 0 spiro atoms. The lowest BCUT2D eigenvalue weighted by Gasteiger charge is -1.97. The van der Waals surface area contributed by atoms with E-state index in [1.807, 2.05) is 30.3 Å². The number of hydrogen-bond acceptors (Lipinski definition) is 1. The fraction of sp³-hybridized carbons (Fsp3) is 0. The van der Waals surface area contributed by atoms with Crippen LogP contribution < -0.4 is 0 Å². The van der Waals surface area contributed by atoms with E-state index < -0.39 is 0 Å². The van der Waals surface area contributed by atoms with Crippen molar-refractivity contribution in [1.82, 2.24) is 0 Å². The zero-order chi connectivity index (χ0) is 8.97. The minimum absolute atomic E-state index is 0.485. The second-order valence-electron chi connectivity index (χ2n) is 2.42. The Morgan fingerprint density at radius 2 is 2.25 bits per heavy atom. The van der Waals surface area contributed by atoms with Crippen molar-refractivity contribution >= 4 is 11.6 Å². The molecule has 1 aromatic rings. The first-order chi connectivity index (χ1) is 5.77. The lowest BCUT2D eigenvalue weighted by atomic mass is 10.1. The molecule has 58 valence electrons. The molecule has 0 saturated heterocycles. The fourth-order valence-corrected chi connectivity index (χ4v) is 0.918. The van der Waals surface area contributed by atoms with E-state index >= 15 is 0 Å². The molecule has 12 heavy (non-hydrogen) atoms. The summed E-state index contributed by atoms with van der Waals surface area (Å²) in [6.07, 6.45) is 1.74. The van der Waals surface area contributed by atoms with E-state index in [0.717, 1.165) is 11.1 Å². The molecule has 0 fully saturated rings. The van der Waals surface area contributed by atoms with Gasteiger partial charge in [0, 0.05) is 0 Å². The standard InChI is InChI=1S/C11H9N/c1-3-10-5-4-6-11(7-10)9(2)8-12/h3-7H,1-2H2. The molecule has 0 unspecified atom stereocenters. The normalized spacial score (nSPS) is 8.58. The number of benzene rings is 1. The number of hydrogen-bond donors (Lipinski definition) is 0. The van der Waals surface area contributed by atoms with Crippen LogP contribution in [0.1, 0.15) is 11.1 Å². The molecule has 0 saturated carbocycles. The number of nitriles is 1. The molecule has 0 N–H and O–H groups in total. The second kappa shape index (κ2) is 3.54. The summed E-state index contributed by atoms with van der Waals surface area (Å²) in [5.41, 5.74) is 2.34. The SMILES string of the molecule is C=Cc1cccc(C(=C)C#N)c1. The van der Waals surface area contributed by atoms with Crippen molar-refractivity contribution < 1.29 is 0 Å². The molecule has 1 rings (SSSR count). The van der Waals surface area contributed by atoms with Crippen LogP contribution in [0.4, 0.5) is 0 Å². The molecule has 0 aromatic heterocycles. The van der Waals surface area contributed by atoms with E-state index in [1.165, 1.54) is 0 Å². The Morgan fingerprint density at radius 3 is 2.83 bits per heavy atom. The van der Waals surface area contributed by atoms with Gasteiger partial charge in [-0.15, -0.1) is 0 Å². The Labute approximate surface area is 72.3 Å². The predicted molar refractivity (Wildman–Crippen MR) is 51.2 cm³/mol. The molecule has 0 bridgehead atoms. The maximum Gasteiger partial charge on any atom is 0.0991 e. The minimum Gasteiger partial charge on any atom is -0.192 e. The summed E-state index contributed by atoms with van der Waals surface area (Å²) in [5, 5.41) is 8.58. The van der Waals surface area contributed by atoms with Gasteiger partial charge in [0.05, 0.1) is 11.6 Å². The highest BCUT2D eigenvalue weighted by atomic mass is 14.2. The molecular weight excluding hydrogens is 146 g/mol. The zero-order valence-corrected chi connectivity index (χ0v) is 6.75. The third-order valence-electron chi connectivity index (χ3n) is 1.61. The maximum absolute atomic E-state index is 8.58. The average molecular weight is 155 g/mol. The van der Waals surface area contributed by atoms with Crippen LogP contribution in [0.3, 0.4) is 0 Å². The maximum atomic E-state index is 8.58. The van der Waals surface area contributed by atoms with Gasteiger partial charge in [-0.2, -0.15) is 5.26 Å². The van der Waals surface area contributed by atoms with Crippen LogP contribution in [0.25, 0.3) is 11.6 Å². The van der Waals surface area contributed by atoms with Crippen LogP contribution in [0.2, 0.25) is 0 Å². The van der Waals surface area contributed by atoms with E-state index in [0.29, 0.717) is 5.57 Å². The lowest BCUT2D eigenvalue weighted by molar-refractivity contribution is 1.52. The molecule has 0 amide bonds. The Bertz CT molecular complexity index is 356. The van der Waals surface area contributed by atoms with Crippen LogP contribution in [0.5, 0.6) is 0 Å². The molecule has 0 aliphatic carbocycles. The van der Waals surface area contributed by atoms with Gasteiger partial charge >= 0.3 is 0 Å². The van der Waals surface area contributed by atoms with Gasteiger partial charge < -0.3 is 0 Å². The van der Waals surface area contributed by atoms with Crippen molar-refractivity contribution in [3.8, 4) is 6.07 Å². The Balaban J connectivity index is 3.11. The van der Waals surface area contributed by atoms with E-state index in [1.54, 1.807) is 6.08 Å². The van der Waals surface area contributed by atoms with Crippen molar-refractivity contribution in [1.29, 1.82) is 5.26 Å². The molecule has 0 heterocycles. The van der Waals surface area contributed by atoms with E-state index in [2.05, 4.69) is 13.2 Å². The van der Waals surface area contributed by atoms with Gasteiger partial charge in [0.15, 0.2) is 0 Å². The quantitative estimate of drug-likeness (QED) is 0.602. The van der Waals surface area contributed by atoms with Crippen LogP contribution in [-0.4, -0.2) is 0 Å². The van der Waals surface area contributed by atoms with Crippen LogP contribution in [-0.2, 0) is 0 Å². The lowest BCUT2D eigenvalue weighted by Crippen LogP contribution is -1.79. The van der Waals surface area contributed by atoms with Crippen LogP contribution >= 0.6 is 0 Å². The van der Waals surface area contributed by atoms with Gasteiger partial charge in [-0.25, -0.2) is 0 Å². The molecule has 0 aliphatic rings. The highest BCUT2D eigenvalue weighted by Gasteiger charge is 1.95. The largest absolute Gasteiger partial charge is 0.192 e. The van der Waals surface area contributed by atoms with Gasteiger partial charge in [-0.1, -0.05) is 37.4 Å². The summed E-state index contributed by atoms with van der Waals surface area (Å²) in [6.45, 7) is 7.27. The predicted octanol–water partition coefficient (Wildman–Crippen LogP) is 2.87. The molecular formula is C11H9N. The van der Waals surface area contributed by atoms with Gasteiger partial charge in [0.25, 0.3) is 0 Å².